The zero-order valence-corrected chi connectivity index (χ0v) is 32.2. The molecule has 57 heavy (non-hydrogen) atoms. The number of para-hydroxylation sites is 2. The van der Waals surface area contributed by atoms with E-state index in [0.717, 1.165) is 28.4 Å². The predicted octanol–water partition coefficient (Wildman–Crippen LogP) is 13.7. The van der Waals surface area contributed by atoms with E-state index in [1.807, 2.05) is 46.9 Å². The summed E-state index contributed by atoms with van der Waals surface area (Å²) in [5.41, 5.74) is 9.27. The molecule has 268 valence electrons. The van der Waals surface area contributed by atoms with Crippen LogP contribution in [0.5, 0.6) is 0 Å². The van der Waals surface area contributed by atoms with Crippen LogP contribution >= 0.6 is 22.7 Å². The molecule has 0 bridgehead atoms. The van der Waals surface area contributed by atoms with Crippen LogP contribution in [-0.2, 0) is 0 Å². The number of amidine groups is 2. The first kappa shape index (κ1) is 32.4. The van der Waals surface area contributed by atoms with Crippen LogP contribution < -0.4 is 5.32 Å². The number of fused-ring (bicyclic) bond motifs is 9. The molecule has 0 aliphatic carbocycles. The number of thiophene rings is 2. The maximum absolute atomic E-state index is 5.09. The summed E-state index contributed by atoms with van der Waals surface area (Å²) in [6.45, 7) is 0. The van der Waals surface area contributed by atoms with E-state index < -0.39 is 0 Å². The van der Waals surface area contributed by atoms with Crippen molar-refractivity contribution < 1.29 is 0 Å². The van der Waals surface area contributed by atoms with Gasteiger partial charge in [0.1, 0.15) is 12.0 Å². The van der Waals surface area contributed by atoms with Crippen LogP contribution in [0.2, 0.25) is 0 Å². The Labute approximate surface area is 336 Å². The van der Waals surface area contributed by atoms with Gasteiger partial charge in [0.15, 0.2) is 5.84 Å². The first-order valence-corrected chi connectivity index (χ1v) is 20.8. The zero-order valence-electron chi connectivity index (χ0n) is 30.6. The number of benzene rings is 8. The molecule has 1 N–H and O–H groups in total. The second-order valence-corrected chi connectivity index (χ2v) is 16.7. The quantitative estimate of drug-likeness (QED) is 0.186. The standard InChI is InChI=1S/C51H32N4S2/c1-3-12-31(13-4-1)49-52-50(32-14-5-2-6-15-32)54-51(53-49)34-23-26-47-40(29-34)39-19-11-18-36(48(39)57-47)33-22-25-45-41(28-33)42-30-35(24-27-46(42)56-45)55-43-20-9-7-16-37(43)38-17-8-10-21-44(38)55/h1-30,49H,(H,52,53,54). The number of aliphatic imine (C=N–C) groups is 2. The molecule has 8 aromatic carbocycles. The van der Waals surface area contributed by atoms with Crippen molar-refractivity contribution in [2.75, 3.05) is 0 Å². The molecule has 1 atom stereocenters. The minimum absolute atomic E-state index is 0.239. The van der Waals surface area contributed by atoms with Crippen molar-refractivity contribution in [3.8, 4) is 16.8 Å². The number of hydrogen-bond acceptors (Lipinski definition) is 5. The van der Waals surface area contributed by atoms with Gasteiger partial charge in [0.05, 0.1) is 11.0 Å². The lowest BCUT2D eigenvalue weighted by atomic mass is 10.00. The molecule has 0 saturated heterocycles. The molecule has 0 spiro atoms. The van der Waals surface area contributed by atoms with Gasteiger partial charge in [-0.25, -0.2) is 9.98 Å². The van der Waals surface area contributed by atoms with Crippen molar-refractivity contribution in [1.82, 2.24) is 9.88 Å². The van der Waals surface area contributed by atoms with Gasteiger partial charge in [0, 0.05) is 67.9 Å². The van der Waals surface area contributed by atoms with Gasteiger partial charge in [-0.1, -0.05) is 121 Å². The number of nitrogens with zero attached hydrogens (tertiary/aromatic N) is 3. The molecule has 0 amide bonds. The van der Waals surface area contributed by atoms with Crippen LogP contribution in [0.3, 0.4) is 0 Å². The SMILES string of the molecule is c1ccc(C2=NC(c3ccccc3)NC(c3ccc4sc5c(-c6ccc7sc8ccc(-n9c%10ccccc%10c%10ccccc%109)cc8c7c6)cccc5c4c3)=N2)cc1. The molecular weight excluding hydrogens is 733 g/mol. The number of nitrogens with one attached hydrogen (secondary N) is 1. The summed E-state index contributed by atoms with van der Waals surface area (Å²) in [4.78, 5) is 10.1. The average molecular weight is 765 g/mol. The average Bonchev–Trinajstić information content (AvgIpc) is 3.95. The van der Waals surface area contributed by atoms with Crippen molar-refractivity contribution in [1.29, 1.82) is 0 Å². The maximum Gasteiger partial charge on any atom is 0.159 e. The normalized spacial score (nSPS) is 14.5. The molecule has 12 rings (SSSR count). The zero-order chi connectivity index (χ0) is 37.5. The van der Waals surface area contributed by atoms with Crippen molar-refractivity contribution in [3.05, 3.63) is 199 Å². The number of aromatic nitrogens is 1. The van der Waals surface area contributed by atoms with Crippen LogP contribution in [-0.4, -0.2) is 16.2 Å². The smallest absolute Gasteiger partial charge is 0.159 e. The van der Waals surface area contributed by atoms with Crippen molar-refractivity contribution in [3.63, 3.8) is 0 Å². The summed E-state index contributed by atoms with van der Waals surface area (Å²) in [6.07, 6.45) is -0.239. The molecule has 3 aromatic heterocycles. The highest BCUT2D eigenvalue weighted by atomic mass is 32.1. The summed E-state index contributed by atoms with van der Waals surface area (Å²) in [5, 5.41) is 11.3. The highest BCUT2D eigenvalue weighted by Crippen LogP contribution is 2.43. The minimum atomic E-state index is -0.239. The minimum Gasteiger partial charge on any atom is -0.344 e. The largest absolute Gasteiger partial charge is 0.344 e. The van der Waals surface area contributed by atoms with E-state index in [1.165, 1.54) is 79.0 Å². The second kappa shape index (κ2) is 12.8. The molecule has 4 heterocycles. The fourth-order valence-corrected chi connectivity index (χ4v) is 10.8. The molecule has 1 unspecified atom stereocenters. The van der Waals surface area contributed by atoms with Crippen LogP contribution in [0.1, 0.15) is 22.9 Å². The van der Waals surface area contributed by atoms with Crippen LogP contribution in [0, 0.1) is 0 Å². The van der Waals surface area contributed by atoms with Crippen LogP contribution in [0.25, 0.3) is 79.0 Å². The summed E-state index contributed by atoms with van der Waals surface area (Å²) >= 11 is 3.73. The van der Waals surface area contributed by atoms with Gasteiger partial charge in [-0.05, 0) is 77.4 Å². The van der Waals surface area contributed by atoms with Gasteiger partial charge in [-0.2, -0.15) is 0 Å². The summed E-state index contributed by atoms with van der Waals surface area (Å²) in [5.74, 6) is 1.56. The van der Waals surface area contributed by atoms with Crippen molar-refractivity contribution >= 4 is 96.5 Å². The lowest BCUT2D eigenvalue weighted by molar-refractivity contribution is 0.674. The number of hydrogen-bond donors (Lipinski definition) is 1. The van der Waals surface area contributed by atoms with E-state index in [2.05, 4.69) is 168 Å². The third kappa shape index (κ3) is 5.26. The Morgan fingerprint density at radius 1 is 0.456 bits per heavy atom. The Kier molecular flexibility index (Phi) is 7.30. The molecule has 0 saturated carbocycles. The molecule has 4 nitrogen and oxygen atoms in total. The second-order valence-electron chi connectivity index (χ2n) is 14.6. The highest BCUT2D eigenvalue weighted by Gasteiger charge is 2.22. The van der Waals surface area contributed by atoms with Gasteiger partial charge >= 0.3 is 0 Å². The molecule has 1 aliphatic heterocycles. The van der Waals surface area contributed by atoms with Crippen LogP contribution in [0.4, 0.5) is 0 Å². The van der Waals surface area contributed by atoms with Gasteiger partial charge in [0.25, 0.3) is 0 Å². The van der Waals surface area contributed by atoms with E-state index in [-0.39, 0.29) is 6.17 Å². The topological polar surface area (TPSA) is 41.7 Å². The van der Waals surface area contributed by atoms with E-state index >= 15 is 0 Å². The molecule has 6 heteroatoms. The molecule has 1 aliphatic rings. The van der Waals surface area contributed by atoms with E-state index in [4.69, 9.17) is 9.98 Å². The van der Waals surface area contributed by atoms with Crippen LogP contribution in [0.15, 0.2) is 192 Å². The third-order valence-electron chi connectivity index (χ3n) is 11.3. The Bertz CT molecular complexity index is 3390. The van der Waals surface area contributed by atoms with Crippen molar-refractivity contribution in [2.45, 2.75) is 6.17 Å². The first-order chi connectivity index (χ1) is 28.2. The Hall–Kier alpha value is -6.86. The van der Waals surface area contributed by atoms with E-state index in [1.54, 1.807) is 0 Å². The maximum atomic E-state index is 5.09. The lowest BCUT2D eigenvalue weighted by Crippen LogP contribution is -2.33. The monoisotopic (exact) mass is 764 g/mol. The molecule has 0 fully saturated rings. The van der Waals surface area contributed by atoms with E-state index in [9.17, 15) is 0 Å². The lowest BCUT2D eigenvalue weighted by Gasteiger charge is -2.23. The third-order valence-corrected chi connectivity index (χ3v) is 13.6. The first-order valence-electron chi connectivity index (χ1n) is 19.2. The molecule has 11 aromatic rings. The van der Waals surface area contributed by atoms with Gasteiger partial charge in [-0.3, -0.25) is 0 Å². The predicted molar refractivity (Wildman–Crippen MR) is 244 cm³/mol. The summed E-state index contributed by atoms with van der Waals surface area (Å²) in [6, 6.07) is 65.5. The molecular formula is C51H32N4S2. The fourth-order valence-electron chi connectivity index (χ4n) is 8.56. The van der Waals surface area contributed by atoms with Gasteiger partial charge in [-0.15, -0.1) is 22.7 Å². The van der Waals surface area contributed by atoms with Gasteiger partial charge in [0.2, 0.25) is 0 Å². The summed E-state index contributed by atoms with van der Waals surface area (Å²) in [7, 11) is 0. The number of rotatable bonds is 5. The Balaban J connectivity index is 0.965. The highest BCUT2D eigenvalue weighted by molar-refractivity contribution is 7.26. The fraction of sp³-hybridized carbons (Fsp3) is 0.0196. The molecule has 0 radical (unpaired) electrons. The van der Waals surface area contributed by atoms with Crippen molar-refractivity contribution in [2.24, 2.45) is 9.98 Å². The van der Waals surface area contributed by atoms with E-state index in [0.29, 0.717) is 0 Å². The Morgan fingerprint density at radius 2 is 1.05 bits per heavy atom. The Morgan fingerprint density at radius 3 is 1.82 bits per heavy atom. The summed E-state index contributed by atoms with van der Waals surface area (Å²) < 4.78 is 7.56. The van der Waals surface area contributed by atoms with Gasteiger partial charge < -0.3 is 9.88 Å².